The van der Waals surface area contributed by atoms with E-state index >= 15 is 0 Å². The molecule has 0 saturated heterocycles. The van der Waals surface area contributed by atoms with Crippen LogP contribution in [0.25, 0.3) is 109 Å². The van der Waals surface area contributed by atoms with Crippen molar-refractivity contribution in [3.8, 4) is 55.6 Å². The lowest BCUT2D eigenvalue weighted by Crippen LogP contribution is -2.14. The van der Waals surface area contributed by atoms with Crippen molar-refractivity contribution in [2.24, 2.45) is 5.92 Å². The zero-order valence-corrected chi connectivity index (χ0v) is 43.1. The van der Waals surface area contributed by atoms with Crippen molar-refractivity contribution in [1.82, 2.24) is 0 Å². The van der Waals surface area contributed by atoms with Crippen molar-refractivity contribution >= 4 is 66.5 Å². The number of unbranched alkanes of at least 4 members (excludes halogenated alkanes) is 7. The molecule has 73 heavy (non-hydrogen) atoms. The van der Waals surface area contributed by atoms with Crippen molar-refractivity contribution in [3.63, 3.8) is 0 Å². The van der Waals surface area contributed by atoms with Gasteiger partial charge in [0.2, 0.25) is 0 Å². The van der Waals surface area contributed by atoms with E-state index < -0.39 is 0 Å². The van der Waals surface area contributed by atoms with Crippen LogP contribution in [-0.4, -0.2) is 5.75 Å². The van der Waals surface area contributed by atoms with Gasteiger partial charge in [0.05, 0.1) is 0 Å². The van der Waals surface area contributed by atoms with Gasteiger partial charge in [-0.1, -0.05) is 245 Å². The van der Waals surface area contributed by atoms with Gasteiger partial charge in [-0.15, -0.1) is 0 Å². The number of thiol groups is 1. The van der Waals surface area contributed by atoms with E-state index in [0.717, 1.165) is 11.7 Å². The zero-order chi connectivity index (χ0) is 48.9. The predicted octanol–water partition coefficient (Wildman–Crippen LogP) is 21.5. The smallest absolute Gasteiger partial charge is 0.00262 e. The Kier molecular flexibility index (Phi) is 14.0. The van der Waals surface area contributed by atoms with Crippen LogP contribution in [0, 0.1) is 5.92 Å². The molecule has 0 aromatic heterocycles. The predicted molar refractivity (Wildman–Crippen MR) is 321 cm³/mol. The molecule has 1 fully saturated rings. The van der Waals surface area contributed by atoms with Crippen LogP contribution >= 0.6 is 12.6 Å². The summed E-state index contributed by atoms with van der Waals surface area (Å²) in [6, 6.07) is 80.1. The third kappa shape index (κ3) is 9.50. The maximum absolute atomic E-state index is 4.39. The molecule has 0 heterocycles. The van der Waals surface area contributed by atoms with Crippen molar-refractivity contribution in [2.45, 2.75) is 89.4 Å². The summed E-state index contributed by atoms with van der Waals surface area (Å²) in [7, 11) is 0. The average molecular weight is 963 g/mol. The average Bonchev–Trinajstić information content (AvgIpc) is 3.45. The van der Waals surface area contributed by atoms with E-state index in [9.17, 15) is 0 Å². The third-order valence-corrected chi connectivity index (χ3v) is 16.9. The monoisotopic (exact) mass is 962 g/mol. The molecule has 0 atom stereocenters. The standard InChI is InChI=1S/C72H66S/c73-46-20-6-4-2-1-3-5-9-23-50-38-40-54(41-39-50)70-62-34-17-19-36-64(62)72(58-31-21-30-57(47-58)60-37-22-29-51-24-14-15-32-59(51)60)68-49-56(43-45-66(68)70)55-42-44-65-67(48-55)71(53-27-12-8-13-28-53)63-35-18-16-33-61(63)69(65)52-25-10-7-11-26-52/h7-8,10-19,21-22,24-37,42-45,47-50,54,73H,1-6,9,20,23,38-41,46H2. The SMILES string of the molecule is SCCCCCCCCCCC1CCC(c2c3ccccc3c(-c3cccc(-c4cccc5ccccc45)c3)c3cc(-c4ccc5c(-c6ccccc6)c6ccccc6c(-c6ccccc6)c5c4)ccc23)CC1. The Morgan fingerprint density at radius 1 is 0.301 bits per heavy atom. The van der Waals surface area contributed by atoms with E-state index in [4.69, 9.17) is 0 Å². The molecule has 0 spiro atoms. The quantitative estimate of drug-likeness (QED) is 0.0557. The topological polar surface area (TPSA) is 0 Å². The Morgan fingerprint density at radius 2 is 0.740 bits per heavy atom. The Labute approximate surface area is 438 Å². The molecule has 0 aliphatic heterocycles. The highest BCUT2D eigenvalue weighted by Gasteiger charge is 2.27. The first-order valence-corrected chi connectivity index (χ1v) is 28.1. The van der Waals surface area contributed by atoms with Gasteiger partial charge in [-0.2, -0.15) is 12.6 Å². The fourth-order valence-electron chi connectivity index (χ4n) is 13.0. The van der Waals surface area contributed by atoms with Crippen molar-refractivity contribution < 1.29 is 0 Å². The largest absolute Gasteiger partial charge is 0.179 e. The molecule has 1 aliphatic rings. The maximum atomic E-state index is 4.39. The molecule has 11 aromatic rings. The highest BCUT2D eigenvalue weighted by Crippen LogP contribution is 2.50. The van der Waals surface area contributed by atoms with E-state index in [1.54, 1.807) is 5.56 Å². The molecular formula is C72H66S. The molecular weight excluding hydrogens is 897 g/mol. The minimum absolute atomic E-state index is 0.529. The summed E-state index contributed by atoms with van der Waals surface area (Å²) >= 11 is 4.39. The number of fused-ring (bicyclic) bond motifs is 5. The van der Waals surface area contributed by atoms with Gasteiger partial charge in [-0.05, 0) is 183 Å². The van der Waals surface area contributed by atoms with Crippen LogP contribution < -0.4 is 0 Å². The van der Waals surface area contributed by atoms with Crippen LogP contribution in [0.3, 0.4) is 0 Å². The van der Waals surface area contributed by atoms with Crippen LogP contribution in [0.4, 0.5) is 0 Å². The maximum Gasteiger partial charge on any atom is -0.00262 e. The van der Waals surface area contributed by atoms with Crippen molar-refractivity contribution in [2.75, 3.05) is 5.75 Å². The van der Waals surface area contributed by atoms with E-state index in [0.29, 0.717) is 5.92 Å². The van der Waals surface area contributed by atoms with Crippen LogP contribution in [0.2, 0.25) is 0 Å². The Balaban J connectivity index is 0.993. The molecule has 0 amide bonds. The van der Waals surface area contributed by atoms with Gasteiger partial charge in [0.25, 0.3) is 0 Å². The van der Waals surface area contributed by atoms with Gasteiger partial charge in [0.1, 0.15) is 0 Å². The summed E-state index contributed by atoms with van der Waals surface area (Å²) in [5.74, 6) is 2.40. The third-order valence-electron chi connectivity index (χ3n) is 16.6. The number of benzene rings is 11. The van der Waals surface area contributed by atoms with Gasteiger partial charge >= 0.3 is 0 Å². The Hall–Kier alpha value is -6.93. The van der Waals surface area contributed by atoms with Crippen LogP contribution in [0.15, 0.2) is 212 Å². The molecule has 1 heteroatoms. The molecule has 1 saturated carbocycles. The van der Waals surface area contributed by atoms with Gasteiger partial charge in [0.15, 0.2) is 0 Å². The summed E-state index contributed by atoms with van der Waals surface area (Å²) in [4.78, 5) is 0. The molecule has 0 unspecified atom stereocenters. The fourth-order valence-corrected chi connectivity index (χ4v) is 13.2. The normalized spacial score (nSPS) is 15.0. The second-order valence-corrected chi connectivity index (χ2v) is 21.5. The number of hydrogen-bond donors (Lipinski definition) is 1. The molecule has 1 aliphatic carbocycles. The van der Waals surface area contributed by atoms with Gasteiger partial charge in [-0.3, -0.25) is 0 Å². The lowest BCUT2D eigenvalue weighted by molar-refractivity contribution is 0.303. The van der Waals surface area contributed by atoms with Crippen LogP contribution in [-0.2, 0) is 0 Å². The minimum atomic E-state index is 0.529. The van der Waals surface area contributed by atoms with Gasteiger partial charge < -0.3 is 0 Å². The van der Waals surface area contributed by atoms with E-state index in [2.05, 4.69) is 225 Å². The molecule has 12 rings (SSSR count). The first-order chi connectivity index (χ1) is 36.2. The lowest BCUT2D eigenvalue weighted by Gasteiger charge is -2.31. The number of rotatable bonds is 16. The molecule has 0 bridgehead atoms. The highest BCUT2D eigenvalue weighted by molar-refractivity contribution is 7.80. The van der Waals surface area contributed by atoms with E-state index in [1.807, 2.05) is 0 Å². The minimum Gasteiger partial charge on any atom is -0.179 e. The first kappa shape index (κ1) is 47.1. The van der Waals surface area contributed by atoms with Gasteiger partial charge in [0, 0.05) is 0 Å². The molecule has 0 nitrogen and oxygen atoms in total. The second kappa shape index (κ2) is 21.7. The van der Waals surface area contributed by atoms with E-state index in [-0.39, 0.29) is 0 Å². The molecule has 0 N–H and O–H groups in total. The summed E-state index contributed by atoms with van der Waals surface area (Å²) in [5.41, 5.74) is 14.2. The Bertz CT molecular complexity index is 3700. The van der Waals surface area contributed by atoms with Crippen molar-refractivity contribution in [1.29, 1.82) is 0 Å². The number of hydrogen-bond acceptors (Lipinski definition) is 1. The molecule has 11 aromatic carbocycles. The van der Waals surface area contributed by atoms with Crippen LogP contribution in [0.5, 0.6) is 0 Å². The fraction of sp³-hybridized carbons (Fsp3) is 0.222. The Morgan fingerprint density at radius 3 is 1.40 bits per heavy atom. The summed E-state index contributed by atoms with van der Waals surface area (Å²) in [6.07, 6.45) is 17.5. The summed E-state index contributed by atoms with van der Waals surface area (Å²) in [6.45, 7) is 0. The lowest BCUT2D eigenvalue weighted by atomic mass is 9.73. The first-order valence-electron chi connectivity index (χ1n) is 27.5. The van der Waals surface area contributed by atoms with Gasteiger partial charge in [-0.25, -0.2) is 0 Å². The zero-order valence-electron chi connectivity index (χ0n) is 42.2. The summed E-state index contributed by atoms with van der Waals surface area (Å²) in [5, 5.41) is 13.2. The highest BCUT2D eigenvalue weighted by atomic mass is 32.1. The molecule has 360 valence electrons. The van der Waals surface area contributed by atoms with Crippen molar-refractivity contribution in [3.05, 3.63) is 218 Å². The second-order valence-electron chi connectivity index (χ2n) is 21.0. The molecule has 0 radical (unpaired) electrons. The van der Waals surface area contributed by atoms with E-state index in [1.165, 1.54) is 193 Å². The van der Waals surface area contributed by atoms with Crippen LogP contribution in [0.1, 0.15) is 95.0 Å². The summed E-state index contributed by atoms with van der Waals surface area (Å²) < 4.78 is 0.